The standard InChI is InChI=1S/C15H31N.ClH/c1-3-5-6-7-8-12-16-13-10-15(9-4-2)11-14-16;/h15H,3-14H2,1-2H3;1H. The van der Waals surface area contributed by atoms with Crippen LogP contribution in [0.2, 0.25) is 0 Å². The Morgan fingerprint density at radius 1 is 0.882 bits per heavy atom. The lowest BCUT2D eigenvalue weighted by Gasteiger charge is -2.31. The van der Waals surface area contributed by atoms with E-state index < -0.39 is 0 Å². The Labute approximate surface area is 115 Å². The van der Waals surface area contributed by atoms with Crippen molar-refractivity contribution >= 4 is 12.4 Å². The number of hydrogen-bond acceptors (Lipinski definition) is 1. The summed E-state index contributed by atoms with van der Waals surface area (Å²) < 4.78 is 0. The van der Waals surface area contributed by atoms with Gasteiger partial charge in [-0.15, -0.1) is 12.4 Å². The molecule has 1 rings (SSSR count). The molecule has 0 aromatic heterocycles. The predicted molar refractivity (Wildman–Crippen MR) is 80.1 cm³/mol. The van der Waals surface area contributed by atoms with Gasteiger partial charge in [0.1, 0.15) is 0 Å². The molecule has 1 saturated heterocycles. The highest BCUT2D eigenvalue weighted by Crippen LogP contribution is 2.21. The van der Waals surface area contributed by atoms with E-state index in [4.69, 9.17) is 0 Å². The Morgan fingerprint density at radius 2 is 1.53 bits per heavy atom. The fourth-order valence-corrected chi connectivity index (χ4v) is 2.85. The van der Waals surface area contributed by atoms with Gasteiger partial charge >= 0.3 is 0 Å². The van der Waals surface area contributed by atoms with E-state index in [-0.39, 0.29) is 12.4 Å². The van der Waals surface area contributed by atoms with Crippen molar-refractivity contribution < 1.29 is 0 Å². The quantitative estimate of drug-likeness (QED) is 0.563. The fourth-order valence-electron chi connectivity index (χ4n) is 2.85. The average Bonchev–Trinajstić information content (AvgIpc) is 2.31. The topological polar surface area (TPSA) is 3.24 Å². The van der Waals surface area contributed by atoms with Crippen LogP contribution in [0, 0.1) is 5.92 Å². The normalized spacial score (nSPS) is 18.0. The van der Waals surface area contributed by atoms with Gasteiger partial charge in [-0.2, -0.15) is 0 Å². The van der Waals surface area contributed by atoms with Crippen LogP contribution in [0.3, 0.4) is 0 Å². The van der Waals surface area contributed by atoms with Crippen LogP contribution in [-0.2, 0) is 0 Å². The zero-order chi connectivity index (χ0) is 11.6. The third kappa shape index (κ3) is 8.05. The van der Waals surface area contributed by atoms with Gasteiger partial charge in [-0.25, -0.2) is 0 Å². The summed E-state index contributed by atoms with van der Waals surface area (Å²) in [6.45, 7) is 8.72. The highest BCUT2D eigenvalue weighted by atomic mass is 35.5. The van der Waals surface area contributed by atoms with E-state index in [9.17, 15) is 0 Å². The minimum Gasteiger partial charge on any atom is -0.303 e. The second-order valence-corrected chi connectivity index (χ2v) is 5.49. The molecular weight excluding hydrogens is 230 g/mol. The van der Waals surface area contributed by atoms with Crippen molar-refractivity contribution in [3.8, 4) is 0 Å². The van der Waals surface area contributed by atoms with Crippen LogP contribution in [-0.4, -0.2) is 24.5 Å². The van der Waals surface area contributed by atoms with Crippen LogP contribution in [0.1, 0.15) is 71.6 Å². The number of rotatable bonds is 8. The molecule has 1 fully saturated rings. The summed E-state index contributed by atoms with van der Waals surface area (Å²) in [5.74, 6) is 1.04. The van der Waals surface area contributed by atoms with E-state index in [0.29, 0.717) is 0 Å². The van der Waals surface area contributed by atoms with Gasteiger partial charge in [-0.3, -0.25) is 0 Å². The predicted octanol–water partition coefficient (Wildman–Crippen LogP) is 4.89. The third-order valence-electron chi connectivity index (χ3n) is 3.98. The van der Waals surface area contributed by atoms with Crippen molar-refractivity contribution in [2.75, 3.05) is 19.6 Å². The molecule has 17 heavy (non-hydrogen) atoms. The monoisotopic (exact) mass is 261 g/mol. The molecule has 0 aliphatic carbocycles. The highest BCUT2D eigenvalue weighted by molar-refractivity contribution is 5.85. The van der Waals surface area contributed by atoms with Crippen LogP contribution in [0.5, 0.6) is 0 Å². The van der Waals surface area contributed by atoms with Gasteiger partial charge in [-0.1, -0.05) is 52.4 Å². The molecule has 0 amide bonds. The second kappa shape index (κ2) is 11.3. The minimum absolute atomic E-state index is 0. The van der Waals surface area contributed by atoms with Gasteiger partial charge in [-0.05, 0) is 44.8 Å². The summed E-state index contributed by atoms with van der Waals surface area (Å²) in [6, 6.07) is 0. The molecule has 1 aliphatic rings. The summed E-state index contributed by atoms with van der Waals surface area (Å²) in [5, 5.41) is 0. The molecular formula is C15H32ClN. The summed E-state index contributed by atoms with van der Waals surface area (Å²) in [4.78, 5) is 2.69. The lowest BCUT2D eigenvalue weighted by Crippen LogP contribution is -2.34. The molecule has 0 saturated carbocycles. The van der Waals surface area contributed by atoms with Crippen LogP contribution in [0.4, 0.5) is 0 Å². The van der Waals surface area contributed by atoms with Crippen molar-refractivity contribution in [1.29, 1.82) is 0 Å². The Bertz CT molecular complexity index is 153. The Morgan fingerprint density at radius 3 is 2.12 bits per heavy atom. The zero-order valence-electron chi connectivity index (χ0n) is 11.9. The van der Waals surface area contributed by atoms with Crippen LogP contribution in [0.25, 0.3) is 0 Å². The Kier molecular flexibility index (Phi) is 11.5. The molecule has 1 heterocycles. The number of unbranched alkanes of at least 4 members (excludes halogenated alkanes) is 4. The fraction of sp³-hybridized carbons (Fsp3) is 1.00. The molecule has 0 spiro atoms. The van der Waals surface area contributed by atoms with Crippen LogP contribution >= 0.6 is 12.4 Å². The first-order valence-electron chi connectivity index (χ1n) is 7.59. The van der Waals surface area contributed by atoms with E-state index in [1.807, 2.05) is 0 Å². The molecule has 0 atom stereocenters. The first-order chi connectivity index (χ1) is 7.86. The number of piperidine rings is 1. The maximum atomic E-state index is 2.69. The maximum absolute atomic E-state index is 2.69. The number of likely N-dealkylation sites (tertiary alicyclic amines) is 1. The first kappa shape index (κ1) is 17.2. The molecule has 0 bridgehead atoms. The molecule has 0 N–H and O–H groups in total. The molecule has 0 radical (unpaired) electrons. The van der Waals surface area contributed by atoms with Crippen LogP contribution < -0.4 is 0 Å². The van der Waals surface area contributed by atoms with Crippen molar-refractivity contribution in [2.24, 2.45) is 5.92 Å². The summed E-state index contributed by atoms with van der Waals surface area (Å²) >= 11 is 0. The largest absolute Gasteiger partial charge is 0.303 e. The van der Waals surface area contributed by atoms with Gasteiger partial charge in [0.05, 0.1) is 0 Å². The average molecular weight is 262 g/mol. The second-order valence-electron chi connectivity index (χ2n) is 5.49. The summed E-state index contributed by atoms with van der Waals surface area (Å²) in [6.07, 6.45) is 12.9. The molecule has 1 aliphatic heterocycles. The van der Waals surface area contributed by atoms with E-state index in [1.54, 1.807) is 0 Å². The third-order valence-corrected chi connectivity index (χ3v) is 3.98. The molecule has 1 nitrogen and oxygen atoms in total. The molecule has 0 aromatic carbocycles. The summed E-state index contributed by atoms with van der Waals surface area (Å²) in [7, 11) is 0. The molecule has 2 heteroatoms. The lowest BCUT2D eigenvalue weighted by molar-refractivity contribution is 0.175. The van der Waals surface area contributed by atoms with E-state index in [2.05, 4.69) is 18.7 Å². The molecule has 0 aromatic rings. The Hall–Kier alpha value is 0.250. The van der Waals surface area contributed by atoms with Crippen molar-refractivity contribution in [3.05, 3.63) is 0 Å². The van der Waals surface area contributed by atoms with E-state index in [0.717, 1.165) is 5.92 Å². The van der Waals surface area contributed by atoms with E-state index in [1.165, 1.54) is 77.4 Å². The number of hydrogen-bond donors (Lipinski definition) is 0. The Balaban J connectivity index is 0.00000256. The lowest BCUT2D eigenvalue weighted by atomic mass is 9.92. The first-order valence-corrected chi connectivity index (χ1v) is 7.59. The minimum atomic E-state index is 0. The SMILES string of the molecule is CCCCCCCN1CCC(CCC)CC1.Cl. The smallest absolute Gasteiger partial charge is 0.00161 e. The van der Waals surface area contributed by atoms with Gasteiger partial charge in [0.2, 0.25) is 0 Å². The van der Waals surface area contributed by atoms with Crippen molar-refractivity contribution in [1.82, 2.24) is 4.90 Å². The van der Waals surface area contributed by atoms with Crippen molar-refractivity contribution in [2.45, 2.75) is 71.6 Å². The van der Waals surface area contributed by atoms with Gasteiger partial charge in [0, 0.05) is 0 Å². The van der Waals surface area contributed by atoms with Crippen molar-refractivity contribution in [3.63, 3.8) is 0 Å². The molecule has 104 valence electrons. The zero-order valence-corrected chi connectivity index (χ0v) is 12.7. The van der Waals surface area contributed by atoms with Gasteiger partial charge < -0.3 is 4.90 Å². The van der Waals surface area contributed by atoms with Gasteiger partial charge in [0.15, 0.2) is 0 Å². The van der Waals surface area contributed by atoms with Crippen LogP contribution in [0.15, 0.2) is 0 Å². The number of nitrogens with zero attached hydrogens (tertiary/aromatic N) is 1. The number of halogens is 1. The summed E-state index contributed by atoms with van der Waals surface area (Å²) in [5.41, 5.74) is 0. The molecule has 0 unspecified atom stereocenters. The van der Waals surface area contributed by atoms with E-state index >= 15 is 0 Å². The van der Waals surface area contributed by atoms with Gasteiger partial charge in [0.25, 0.3) is 0 Å². The highest BCUT2D eigenvalue weighted by Gasteiger charge is 2.17. The maximum Gasteiger partial charge on any atom is -0.00161 e.